The van der Waals surface area contributed by atoms with Crippen LogP contribution < -0.4 is 4.74 Å². The van der Waals surface area contributed by atoms with E-state index in [0.717, 1.165) is 49.2 Å². The molecule has 1 aromatic carbocycles. The Bertz CT molecular complexity index is 621. The number of rotatable bonds is 2. The first kappa shape index (κ1) is 14.1. The smallest absolute Gasteiger partial charge is 0.179 e. The highest BCUT2D eigenvalue weighted by Gasteiger charge is 2.56. The van der Waals surface area contributed by atoms with Crippen molar-refractivity contribution >= 4 is 5.78 Å². The monoisotopic (exact) mass is 310 g/mol. The number of Topliss-reactive ketones (excluding diaryl/α,β-unsaturated/α-hetero) is 1. The fourth-order valence-electron chi connectivity index (χ4n) is 6.41. The molecular weight excluding hydrogens is 284 g/mol. The summed E-state index contributed by atoms with van der Waals surface area (Å²) in [4.78, 5) is 13.4. The third kappa shape index (κ3) is 2.03. The van der Waals surface area contributed by atoms with Crippen molar-refractivity contribution in [3.8, 4) is 5.75 Å². The van der Waals surface area contributed by atoms with E-state index in [9.17, 15) is 4.79 Å². The predicted octanol–water partition coefficient (Wildman–Crippen LogP) is 4.39. The van der Waals surface area contributed by atoms with Crippen molar-refractivity contribution in [2.75, 3.05) is 0 Å². The molecule has 4 aliphatic carbocycles. The van der Waals surface area contributed by atoms with Crippen LogP contribution in [0, 0.1) is 37.0 Å². The number of ether oxygens (including phenoxy) is 1. The van der Waals surface area contributed by atoms with Crippen molar-refractivity contribution in [2.24, 2.45) is 23.2 Å². The van der Waals surface area contributed by atoms with E-state index in [0.29, 0.717) is 5.78 Å². The average molecular weight is 310 g/mol. The van der Waals surface area contributed by atoms with Crippen LogP contribution in [-0.4, -0.2) is 11.9 Å². The third-order valence-corrected chi connectivity index (χ3v) is 7.20. The Labute approximate surface area is 138 Å². The van der Waals surface area contributed by atoms with Crippen molar-refractivity contribution in [1.29, 1.82) is 0 Å². The zero-order chi connectivity index (χ0) is 15.8. The summed E-state index contributed by atoms with van der Waals surface area (Å²) < 4.78 is 6.14. The first-order chi connectivity index (χ1) is 11.0. The molecule has 6 rings (SSSR count). The average Bonchev–Trinajstić information content (AvgIpc) is 2.88. The van der Waals surface area contributed by atoms with Crippen LogP contribution in [0.2, 0.25) is 0 Å². The maximum Gasteiger partial charge on any atom is 0.179 e. The summed E-state index contributed by atoms with van der Waals surface area (Å²) in [5.74, 6) is 3.84. The van der Waals surface area contributed by atoms with Gasteiger partial charge in [-0.25, -0.2) is 0 Å². The number of aryl methyl sites for hydroxylation is 2. The summed E-state index contributed by atoms with van der Waals surface area (Å²) in [6.45, 7) is 4.26. The van der Waals surface area contributed by atoms with Gasteiger partial charge in [-0.2, -0.15) is 0 Å². The molecule has 0 amide bonds. The van der Waals surface area contributed by atoms with Gasteiger partial charge in [0.2, 0.25) is 0 Å². The van der Waals surface area contributed by atoms with Crippen molar-refractivity contribution in [1.82, 2.24) is 0 Å². The molecule has 0 spiro atoms. The molecule has 2 nitrogen and oxygen atoms in total. The highest BCUT2D eigenvalue weighted by atomic mass is 16.5. The largest absolute Gasteiger partial charge is 0.482 e. The normalized spacial score (nSPS) is 40.1. The van der Waals surface area contributed by atoms with E-state index in [-0.39, 0.29) is 11.5 Å². The molecule has 2 heteroatoms. The molecule has 4 saturated carbocycles. The van der Waals surface area contributed by atoms with E-state index < -0.39 is 0 Å². The number of carbonyl (C=O) groups excluding carboxylic acids is 1. The van der Waals surface area contributed by atoms with E-state index in [4.69, 9.17) is 4.74 Å². The Balaban J connectivity index is 1.42. The van der Waals surface area contributed by atoms with E-state index >= 15 is 0 Å². The lowest BCUT2D eigenvalue weighted by Crippen LogP contribution is -2.53. The van der Waals surface area contributed by atoms with Gasteiger partial charge in [-0.05, 0) is 92.9 Å². The zero-order valence-electron chi connectivity index (χ0n) is 14.2. The van der Waals surface area contributed by atoms with Gasteiger partial charge in [-0.1, -0.05) is 6.07 Å². The summed E-state index contributed by atoms with van der Waals surface area (Å²) >= 11 is 0. The Morgan fingerprint density at radius 2 is 1.57 bits per heavy atom. The third-order valence-electron chi connectivity index (χ3n) is 7.20. The molecule has 1 unspecified atom stereocenters. The second kappa shape index (κ2) is 4.62. The van der Waals surface area contributed by atoms with Crippen LogP contribution in [0.5, 0.6) is 5.75 Å². The second-order valence-corrected chi connectivity index (χ2v) is 8.92. The number of hydrogen-bond acceptors (Lipinski definition) is 2. The zero-order valence-corrected chi connectivity index (χ0v) is 14.2. The summed E-state index contributed by atoms with van der Waals surface area (Å²) in [7, 11) is 0. The second-order valence-electron chi connectivity index (χ2n) is 8.92. The summed E-state index contributed by atoms with van der Waals surface area (Å²) in [5, 5.41) is 0. The Morgan fingerprint density at radius 3 is 2.17 bits per heavy atom. The molecule has 23 heavy (non-hydrogen) atoms. The van der Waals surface area contributed by atoms with Gasteiger partial charge in [-0.15, -0.1) is 0 Å². The van der Waals surface area contributed by atoms with E-state index in [1.165, 1.54) is 36.0 Å². The topological polar surface area (TPSA) is 26.3 Å². The minimum atomic E-state index is -0.220. The van der Waals surface area contributed by atoms with Gasteiger partial charge in [-0.3, -0.25) is 4.79 Å². The molecule has 0 aromatic heterocycles. The van der Waals surface area contributed by atoms with Crippen LogP contribution >= 0.6 is 0 Å². The van der Waals surface area contributed by atoms with E-state index in [2.05, 4.69) is 26.0 Å². The first-order valence-electron chi connectivity index (χ1n) is 9.33. The molecule has 5 aliphatic rings. The van der Waals surface area contributed by atoms with E-state index in [1.807, 2.05) is 0 Å². The van der Waals surface area contributed by atoms with Crippen LogP contribution in [0.4, 0.5) is 0 Å². The molecule has 0 radical (unpaired) electrons. The fraction of sp³-hybridized carbons (Fsp3) is 0.667. The Hall–Kier alpha value is -1.31. The minimum Gasteiger partial charge on any atom is -0.482 e. The number of ketones is 1. The van der Waals surface area contributed by atoms with Gasteiger partial charge in [0.15, 0.2) is 11.9 Å². The first-order valence-corrected chi connectivity index (χ1v) is 9.33. The predicted molar refractivity (Wildman–Crippen MR) is 89.6 cm³/mol. The van der Waals surface area contributed by atoms with Crippen LogP contribution in [0.15, 0.2) is 12.1 Å². The molecule has 4 bridgehead atoms. The van der Waals surface area contributed by atoms with Gasteiger partial charge in [0, 0.05) is 11.8 Å². The SMILES string of the molecule is Cc1cc2c(cc1C)OC(C(=O)C13CC4CC(CC(C4)C1)C3)C2. The molecule has 122 valence electrons. The van der Waals surface area contributed by atoms with E-state index in [1.54, 1.807) is 0 Å². The highest BCUT2D eigenvalue weighted by Crippen LogP contribution is 2.61. The molecule has 1 atom stereocenters. The Kier molecular flexibility index (Phi) is 2.82. The van der Waals surface area contributed by atoms with Crippen LogP contribution in [-0.2, 0) is 11.2 Å². The van der Waals surface area contributed by atoms with Gasteiger partial charge in [0.25, 0.3) is 0 Å². The lowest BCUT2D eigenvalue weighted by atomic mass is 9.48. The van der Waals surface area contributed by atoms with Crippen LogP contribution in [0.3, 0.4) is 0 Å². The van der Waals surface area contributed by atoms with Gasteiger partial charge in [0.05, 0.1) is 0 Å². The number of benzene rings is 1. The van der Waals surface area contributed by atoms with Gasteiger partial charge < -0.3 is 4.74 Å². The molecule has 0 saturated heterocycles. The van der Waals surface area contributed by atoms with Crippen molar-refractivity contribution < 1.29 is 9.53 Å². The van der Waals surface area contributed by atoms with Crippen LogP contribution in [0.25, 0.3) is 0 Å². The Morgan fingerprint density at radius 1 is 1.00 bits per heavy atom. The lowest BCUT2D eigenvalue weighted by molar-refractivity contribution is -0.150. The lowest BCUT2D eigenvalue weighted by Gasteiger charge is -2.56. The highest BCUT2D eigenvalue weighted by molar-refractivity contribution is 5.90. The maximum atomic E-state index is 13.4. The quantitative estimate of drug-likeness (QED) is 0.809. The summed E-state index contributed by atoms with van der Waals surface area (Å²) in [6.07, 6.45) is 8.16. The van der Waals surface area contributed by atoms with Gasteiger partial charge in [0.1, 0.15) is 5.75 Å². The molecule has 0 N–H and O–H groups in total. The molecule has 1 aliphatic heterocycles. The molecule has 1 aromatic rings. The summed E-state index contributed by atoms with van der Waals surface area (Å²) in [6, 6.07) is 4.34. The maximum absolute atomic E-state index is 13.4. The number of hydrogen-bond donors (Lipinski definition) is 0. The van der Waals surface area contributed by atoms with Crippen molar-refractivity contribution in [2.45, 2.75) is 64.9 Å². The molecule has 1 heterocycles. The molecule has 4 fully saturated rings. The number of fused-ring (bicyclic) bond motifs is 1. The standard InChI is InChI=1S/C21H26O2/c1-12-3-17-8-19(23-18(17)4-13(12)2)20(22)21-9-14-5-15(10-21)7-16(6-14)11-21/h3-4,14-16,19H,5-11H2,1-2H3. The number of carbonyl (C=O) groups is 1. The fourth-order valence-corrected chi connectivity index (χ4v) is 6.41. The molecular formula is C21H26O2. The van der Waals surface area contributed by atoms with Gasteiger partial charge >= 0.3 is 0 Å². The van der Waals surface area contributed by atoms with Crippen molar-refractivity contribution in [3.05, 3.63) is 28.8 Å². The van der Waals surface area contributed by atoms with Crippen LogP contribution in [0.1, 0.15) is 55.2 Å². The minimum absolute atomic E-state index is 0.0362. The van der Waals surface area contributed by atoms with Crippen molar-refractivity contribution in [3.63, 3.8) is 0 Å². The summed E-state index contributed by atoms with van der Waals surface area (Å²) in [5.41, 5.74) is 3.75.